The van der Waals surface area contributed by atoms with Gasteiger partial charge in [0, 0.05) is 47.7 Å². The van der Waals surface area contributed by atoms with E-state index in [0.717, 1.165) is 49.0 Å². The normalized spacial score (nSPS) is 14.3. The van der Waals surface area contributed by atoms with Crippen molar-refractivity contribution < 1.29 is 9.47 Å². The molecule has 2 heterocycles. The third kappa shape index (κ3) is 3.78. The molecule has 0 aliphatic carbocycles. The lowest BCUT2D eigenvalue weighted by molar-refractivity contribution is 0.294. The van der Waals surface area contributed by atoms with Gasteiger partial charge in [0.1, 0.15) is 11.5 Å². The number of benzene rings is 2. The summed E-state index contributed by atoms with van der Waals surface area (Å²) in [6.07, 6.45) is 2.04. The molecule has 0 unspecified atom stereocenters. The van der Waals surface area contributed by atoms with Crippen LogP contribution in [-0.4, -0.2) is 36.8 Å². The van der Waals surface area contributed by atoms with Crippen LogP contribution < -0.4 is 9.47 Å². The van der Waals surface area contributed by atoms with Gasteiger partial charge in [0.2, 0.25) is 0 Å². The molecule has 0 radical (unpaired) electrons. The van der Waals surface area contributed by atoms with E-state index >= 15 is 0 Å². The van der Waals surface area contributed by atoms with E-state index < -0.39 is 0 Å². The van der Waals surface area contributed by atoms with E-state index in [1.54, 1.807) is 7.11 Å². The average Bonchev–Trinajstić information content (AvgIpc) is 2.99. The molecule has 27 heavy (non-hydrogen) atoms. The monoisotopic (exact) mass is 384 g/mol. The lowest BCUT2D eigenvalue weighted by atomic mass is 10.0. The van der Waals surface area contributed by atoms with Crippen molar-refractivity contribution in [3.8, 4) is 11.5 Å². The van der Waals surface area contributed by atoms with Gasteiger partial charge in [-0.2, -0.15) is 0 Å². The standard InChI is InChI=1S/C22H25ClN2O2/c1-24-12-10-22-20(15-24)19-14-18(26-2)8-9-21(19)25(22)11-3-13-27-17-6-4-16(23)5-7-17/h4-9,14H,3,10-13,15H2,1-2H3. The van der Waals surface area contributed by atoms with E-state index in [9.17, 15) is 0 Å². The van der Waals surface area contributed by atoms with Crippen LogP contribution >= 0.6 is 11.6 Å². The first kappa shape index (κ1) is 18.2. The molecule has 0 fully saturated rings. The van der Waals surface area contributed by atoms with Crippen molar-refractivity contribution in [2.45, 2.75) is 25.9 Å². The summed E-state index contributed by atoms with van der Waals surface area (Å²) in [6.45, 7) is 3.73. The number of rotatable bonds is 6. The third-order valence-corrected chi connectivity index (χ3v) is 5.51. The van der Waals surface area contributed by atoms with Crippen LogP contribution in [0.2, 0.25) is 5.02 Å². The molecule has 0 spiro atoms. The minimum Gasteiger partial charge on any atom is -0.497 e. The maximum absolute atomic E-state index is 5.92. The summed E-state index contributed by atoms with van der Waals surface area (Å²) in [6, 6.07) is 14.0. The van der Waals surface area contributed by atoms with Crippen LogP contribution in [0.4, 0.5) is 0 Å². The maximum atomic E-state index is 5.92. The molecule has 0 N–H and O–H groups in total. The number of fused-ring (bicyclic) bond motifs is 3. The van der Waals surface area contributed by atoms with Gasteiger partial charge >= 0.3 is 0 Å². The van der Waals surface area contributed by atoms with Crippen LogP contribution in [0.15, 0.2) is 42.5 Å². The van der Waals surface area contributed by atoms with Gasteiger partial charge in [-0.25, -0.2) is 0 Å². The van der Waals surface area contributed by atoms with Crippen molar-refractivity contribution in [3.05, 3.63) is 58.7 Å². The molecule has 0 amide bonds. The zero-order valence-electron chi connectivity index (χ0n) is 15.9. The number of hydrogen-bond acceptors (Lipinski definition) is 3. The van der Waals surface area contributed by atoms with Gasteiger partial charge in [0.15, 0.2) is 0 Å². The van der Waals surface area contributed by atoms with Crippen molar-refractivity contribution in [1.29, 1.82) is 0 Å². The lowest BCUT2D eigenvalue weighted by Crippen LogP contribution is -2.27. The molecule has 0 atom stereocenters. The van der Waals surface area contributed by atoms with Crippen molar-refractivity contribution in [1.82, 2.24) is 9.47 Å². The summed E-state index contributed by atoms with van der Waals surface area (Å²) in [4.78, 5) is 2.38. The molecule has 142 valence electrons. The molecule has 4 nitrogen and oxygen atoms in total. The van der Waals surface area contributed by atoms with Gasteiger partial charge in [-0.05, 0) is 61.5 Å². The molecular weight excluding hydrogens is 360 g/mol. The highest BCUT2D eigenvalue weighted by molar-refractivity contribution is 6.30. The van der Waals surface area contributed by atoms with Gasteiger partial charge in [0.25, 0.3) is 0 Å². The predicted molar refractivity (Wildman–Crippen MR) is 110 cm³/mol. The molecule has 1 aliphatic rings. The van der Waals surface area contributed by atoms with E-state index in [1.165, 1.54) is 22.2 Å². The number of likely N-dealkylation sites (N-methyl/N-ethyl adjacent to an activating group) is 1. The molecule has 5 heteroatoms. The highest BCUT2D eigenvalue weighted by atomic mass is 35.5. The van der Waals surface area contributed by atoms with Crippen LogP contribution in [-0.2, 0) is 19.5 Å². The Bertz CT molecular complexity index is 934. The number of hydrogen-bond donors (Lipinski definition) is 0. The van der Waals surface area contributed by atoms with Gasteiger partial charge in [-0.1, -0.05) is 11.6 Å². The number of methoxy groups -OCH3 is 1. The molecule has 1 aromatic heterocycles. The van der Waals surface area contributed by atoms with Crippen LogP contribution in [0.1, 0.15) is 17.7 Å². The Balaban J connectivity index is 1.53. The Morgan fingerprint density at radius 2 is 1.85 bits per heavy atom. The summed E-state index contributed by atoms with van der Waals surface area (Å²) in [7, 11) is 3.91. The zero-order valence-corrected chi connectivity index (χ0v) is 16.6. The van der Waals surface area contributed by atoms with Crippen LogP contribution in [0, 0.1) is 0 Å². The lowest BCUT2D eigenvalue weighted by Gasteiger charge is -2.24. The number of aryl methyl sites for hydroxylation is 1. The Morgan fingerprint density at radius 3 is 2.63 bits per heavy atom. The first-order valence-electron chi connectivity index (χ1n) is 9.40. The molecule has 2 aromatic carbocycles. The van der Waals surface area contributed by atoms with Gasteiger partial charge < -0.3 is 18.9 Å². The number of halogens is 1. The second-order valence-corrected chi connectivity index (χ2v) is 7.54. The van der Waals surface area contributed by atoms with Crippen LogP contribution in [0.25, 0.3) is 10.9 Å². The van der Waals surface area contributed by atoms with Crippen LogP contribution in [0.5, 0.6) is 11.5 Å². The molecule has 1 aliphatic heterocycles. The zero-order chi connectivity index (χ0) is 18.8. The Morgan fingerprint density at radius 1 is 1.07 bits per heavy atom. The van der Waals surface area contributed by atoms with Crippen molar-refractivity contribution in [2.24, 2.45) is 0 Å². The second-order valence-electron chi connectivity index (χ2n) is 7.10. The highest BCUT2D eigenvalue weighted by Crippen LogP contribution is 2.33. The average molecular weight is 385 g/mol. The predicted octanol–water partition coefficient (Wildman–Crippen LogP) is 4.76. The van der Waals surface area contributed by atoms with Crippen molar-refractivity contribution in [2.75, 3.05) is 27.3 Å². The minimum atomic E-state index is 0.687. The van der Waals surface area contributed by atoms with Crippen molar-refractivity contribution in [3.63, 3.8) is 0 Å². The van der Waals surface area contributed by atoms with E-state index in [2.05, 4.69) is 34.7 Å². The summed E-state index contributed by atoms with van der Waals surface area (Å²) in [5, 5.41) is 2.04. The van der Waals surface area contributed by atoms with Gasteiger partial charge in [-0.15, -0.1) is 0 Å². The second kappa shape index (κ2) is 7.83. The number of ether oxygens (including phenoxy) is 2. The highest BCUT2D eigenvalue weighted by Gasteiger charge is 2.22. The summed E-state index contributed by atoms with van der Waals surface area (Å²) in [5.74, 6) is 1.78. The molecular formula is C22H25ClN2O2. The molecule has 3 aromatic rings. The Labute approximate surface area is 165 Å². The van der Waals surface area contributed by atoms with Gasteiger partial charge in [-0.3, -0.25) is 0 Å². The smallest absolute Gasteiger partial charge is 0.119 e. The Kier molecular flexibility index (Phi) is 5.28. The fourth-order valence-corrected chi connectivity index (χ4v) is 4.02. The summed E-state index contributed by atoms with van der Waals surface area (Å²) in [5.41, 5.74) is 4.20. The van der Waals surface area contributed by atoms with Crippen LogP contribution in [0.3, 0.4) is 0 Å². The fraction of sp³-hybridized carbons (Fsp3) is 0.364. The first-order chi connectivity index (χ1) is 13.2. The maximum Gasteiger partial charge on any atom is 0.119 e. The third-order valence-electron chi connectivity index (χ3n) is 5.26. The van der Waals surface area contributed by atoms with E-state index in [4.69, 9.17) is 21.1 Å². The molecule has 4 rings (SSSR count). The molecule has 0 bridgehead atoms. The van der Waals surface area contributed by atoms with E-state index in [-0.39, 0.29) is 0 Å². The summed E-state index contributed by atoms with van der Waals surface area (Å²) >= 11 is 5.92. The molecule has 0 saturated heterocycles. The first-order valence-corrected chi connectivity index (χ1v) is 9.78. The Hall–Kier alpha value is -2.17. The SMILES string of the molecule is COc1ccc2c(c1)c1c(n2CCCOc2ccc(Cl)cc2)CCN(C)C1. The van der Waals surface area contributed by atoms with E-state index in [0.29, 0.717) is 6.61 Å². The van der Waals surface area contributed by atoms with Crippen molar-refractivity contribution >= 4 is 22.5 Å². The summed E-state index contributed by atoms with van der Waals surface area (Å²) < 4.78 is 13.8. The topological polar surface area (TPSA) is 26.6 Å². The number of nitrogens with zero attached hydrogens (tertiary/aromatic N) is 2. The van der Waals surface area contributed by atoms with Gasteiger partial charge in [0.05, 0.1) is 13.7 Å². The largest absolute Gasteiger partial charge is 0.497 e. The minimum absolute atomic E-state index is 0.687. The van der Waals surface area contributed by atoms with E-state index in [1.807, 2.05) is 24.3 Å². The molecule has 0 saturated carbocycles. The number of aromatic nitrogens is 1. The fourth-order valence-electron chi connectivity index (χ4n) is 3.89. The quantitative estimate of drug-likeness (QED) is 0.573.